The van der Waals surface area contributed by atoms with Gasteiger partial charge in [-0.25, -0.2) is 0 Å². The van der Waals surface area contributed by atoms with Gasteiger partial charge in [-0.2, -0.15) is 4.98 Å². The van der Waals surface area contributed by atoms with Crippen molar-refractivity contribution in [2.24, 2.45) is 11.7 Å². The maximum atomic E-state index is 6.04. The highest BCUT2D eigenvalue weighted by atomic mass is 127. The average Bonchev–Trinajstić information content (AvgIpc) is 3.05. The molecule has 0 saturated heterocycles. The van der Waals surface area contributed by atoms with Crippen molar-refractivity contribution in [1.82, 2.24) is 10.1 Å². The smallest absolute Gasteiger partial charge is 0.258 e. The van der Waals surface area contributed by atoms with Gasteiger partial charge in [0.05, 0.1) is 6.04 Å². The fourth-order valence-electron chi connectivity index (χ4n) is 1.78. The lowest BCUT2D eigenvalue weighted by Gasteiger charge is -2.01. The normalized spacial score (nSPS) is 17.1. The first-order valence-corrected chi connectivity index (χ1v) is 6.67. The standard InChI is InChI=1S/C12H12IN3O/c13-9-3-1-2-8(6-9)12-15-11(16-17-12)10(14)7-4-5-7/h1-3,6-7,10H,4-5,14H2. The summed E-state index contributed by atoms with van der Waals surface area (Å²) in [6.45, 7) is 0. The molecule has 0 bridgehead atoms. The Morgan fingerprint density at radius 1 is 1.41 bits per heavy atom. The number of hydrogen-bond donors (Lipinski definition) is 1. The minimum absolute atomic E-state index is 0.0738. The van der Waals surface area contributed by atoms with Crippen LogP contribution in [0.2, 0.25) is 0 Å². The second-order valence-corrected chi connectivity index (χ2v) is 5.58. The van der Waals surface area contributed by atoms with Gasteiger partial charge in [0.15, 0.2) is 5.82 Å². The van der Waals surface area contributed by atoms with Gasteiger partial charge in [0.25, 0.3) is 5.89 Å². The molecule has 5 heteroatoms. The van der Waals surface area contributed by atoms with Crippen molar-refractivity contribution < 1.29 is 4.52 Å². The number of aromatic nitrogens is 2. The monoisotopic (exact) mass is 341 g/mol. The Morgan fingerprint density at radius 3 is 2.94 bits per heavy atom. The summed E-state index contributed by atoms with van der Waals surface area (Å²) in [5.74, 6) is 1.72. The van der Waals surface area contributed by atoms with Crippen LogP contribution >= 0.6 is 22.6 Å². The minimum Gasteiger partial charge on any atom is -0.334 e. The van der Waals surface area contributed by atoms with E-state index in [2.05, 4.69) is 32.7 Å². The zero-order valence-corrected chi connectivity index (χ0v) is 11.3. The minimum atomic E-state index is -0.0738. The maximum absolute atomic E-state index is 6.04. The van der Waals surface area contributed by atoms with E-state index < -0.39 is 0 Å². The molecule has 0 aliphatic heterocycles. The van der Waals surface area contributed by atoms with Crippen molar-refractivity contribution in [3.05, 3.63) is 33.7 Å². The van der Waals surface area contributed by atoms with Crippen molar-refractivity contribution in [2.75, 3.05) is 0 Å². The molecule has 1 aliphatic rings. The SMILES string of the molecule is NC(c1noc(-c2cccc(I)c2)n1)C1CC1. The largest absolute Gasteiger partial charge is 0.334 e. The van der Waals surface area contributed by atoms with Gasteiger partial charge in [-0.1, -0.05) is 11.2 Å². The Balaban J connectivity index is 1.89. The van der Waals surface area contributed by atoms with Crippen LogP contribution in [0.1, 0.15) is 24.7 Å². The first-order chi connectivity index (χ1) is 8.24. The van der Waals surface area contributed by atoms with Crippen molar-refractivity contribution in [1.29, 1.82) is 0 Å². The molecule has 1 atom stereocenters. The van der Waals surface area contributed by atoms with E-state index in [0.29, 0.717) is 17.6 Å². The molecule has 1 aromatic carbocycles. The third-order valence-electron chi connectivity index (χ3n) is 2.94. The first-order valence-electron chi connectivity index (χ1n) is 5.59. The summed E-state index contributed by atoms with van der Waals surface area (Å²) in [7, 11) is 0. The van der Waals surface area contributed by atoms with E-state index in [1.807, 2.05) is 24.3 Å². The van der Waals surface area contributed by atoms with E-state index in [1.165, 1.54) is 12.8 Å². The molecule has 4 nitrogen and oxygen atoms in total. The third kappa shape index (κ3) is 2.35. The van der Waals surface area contributed by atoms with Crippen LogP contribution in [0.15, 0.2) is 28.8 Å². The number of nitrogens with zero attached hydrogens (tertiary/aromatic N) is 2. The second-order valence-electron chi connectivity index (χ2n) is 4.33. The van der Waals surface area contributed by atoms with Gasteiger partial charge in [-0.05, 0) is 59.5 Å². The van der Waals surface area contributed by atoms with E-state index in [4.69, 9.17) is 10.3 Å². The third-order valence-corrected chi connectivity index (χ3v) is 3.61. The van der Waals surface area contributed by atoms with E-state index in [0.717, 1.165) is 9.13 Å². The highest BCUT2D eigenvalue weighted by Crippen LogP contribution is 2.38. The summed E-state index contributed by atoms with van der Waals surface area (Å²) >= 11 is 2.26. The van der Waals surface area contributed by atoms with E-state index in [9.17, 15) is 0 Å². The molecule has 0 spiro atoms. The Hall–Kier alpha value is -0.950. The molecule has 17 heavy (non-hydrogen) atoms. The molecule has 1 aromatic heterocycles. The van der Waals surface area contributed by atoms with Crippen LogP contribution in [-0.2, 0) is 0 Å². The van der Waals surface area contributed by atoms with Crippen molar-refractivity contribution in [2.45, 2.75) is 18.9 Å². The molecule has 0 amide bonds. The lowest BCUT2D eigenvalue weighted by molar-refractivity contribution is 0.411. The molecule has 1 fully saturated rings. The summed E-state index contributed by atoms with van der Waals surface area (Å²) < 4.78 is 6.41. The van der Waals surface area contributed by atoms with Crippen LogP contribution in [0, 0.1) is 9.49 Å². The van der Waals surface area contributed by atoms with Gasteiger partial charge < -0.3 is 10.3 Å². The van der Waals surface area contributed by atoms with Crippen LogP contribution in [0.5, 0.6) is 0 Å². The van der Waals surface area contributed by atoms with Crippen LogP contribution in [0.4, 0.5) is 0 Å². The number of halogens is 1. The van der Waals surface area contributed by atoms with Crippen molar-refractivity contribution >= 4 is 22.6 Å². The molecule has 3 rings (SSSR count). The molecule has 1 unspecified atom stereocenters. The van der Waals surface area contributed by atoms with Gasteiger partial charge in [0.1, 0.15) is 0 Å². The maximum Gasteiger partial charge on any atom is 0.258 e. The highest BCUT2D eigenvalue weighted by molar-refractivity contribution is 14.1. The number of rotatable bonds is 3. The second kappa shape index (κ2) is 4.38. The number of benzene rings is 1. The van der Waals surface area contributed by atoms with Crippen molar-refractivity contribution in [3.63, 3.8) is 0 Å². The van der Waals surface area contributed by atoms with E-state index in [1.54, 1.807) is 0 Å². The van der Waals surface area contributed by atoms with Crippen LogP contribution in [0.3, 0.4) is 0 Å². The predicted octanol–water partition coefficient (Wildman–Crippen LogP) is 2.75. The topological polar surface area (TPSA) is 64.9 Å². The molecule has 2 N–H and O–H groups in total. The summed E-state index contributed by atoms with van der Waals surface area (Å²) in [5.41, 5.74) is 6.98. The molecule has 88 valence electrons. The Bertz CT molecular complexity index is 536. The Kier molecular flexibility index (Phi) is 2.87. The lowest BCUT2D eigenvalue weighted by Crippen LogP contribution is -2.13. The summed E-state index contributed by atoms with van der Waals surface area (Å²) in [5, 5.41) is 3.97. The van der Waals surface area contributed by atoms with Crippen LogP contribution in [0.25, 0.3) is 11.5 Å². The summed E-state index contributed by atoms with van der Waals surface area (Å²) in [4.78, 5) is 4.38. The fraction of sp³-hybridized carbons (Fsp3) is 0.333. The Morgan fingerprint density at radius 2 is 2.24 bits per heavy atom. The van der Waals surface area contributed by atoms with Gasteiger partial charge in [0.2, 0.25) is 0 Å². The van der Waals surface area contributed by atoms with Gasteiger partial charge in [-0.15, -0.1) is 0 Å². The number of nitrogens with two attached hydrogens (primary N) is 1. The Labute approximate surface area is 113 Å². The average molecular weight is 341 g/mol. The zero-order valence-electron chi connectivity index (χ0n) is 9.14. The lowest BCUT2D eigenvalue weighted by atomic mass is 10.2. The van der Waals surface area contributed by atoms with Gasteiger partial charge >= 0.3 is 0 Å². The predicted molar refractivity (Wildman–Crippen MR) is 72.1 cm³/mol. The molecular weight excluding hydrogens is 329 g/mol. The van der Waals surface area contributed by atoms with E-state index in [-0.39, 0.29) is 6.04 Å². The molecule has 1 saturated carbocycles. The van der Waals surface area contributed by atoms with Crippen LogP contribution in [-0.4, -0.2) is 10.1 Å². The highest BCUT2D eigenvalue weighted by Gasteiger charge is 2.32. The quantitative estimate of drug-likeness (QED) is 0.872. The molecule has 1 heterocycles. The molecule has 2 aromatic rings. The molecular formula is C12H12IN3O. The van der Waals surface area contributed by atoms with Gasteiger partial charge in [0, 0.05) is 9.13 Å². The molecule has 0 radical (unpaired) electrons. The first kappa shape index (κ1) is 11.2. The van der Waals surface area contributed by atoms with Crippen LogP contribution < -0.4 is 5.73 Å². The van der Waals surface area contributed by atoms with Gasteiger partial charge in [-0.3, -0.25) is 0 Å². The number of hydrogen-bond acceptors (Lipinski definition) is 4. The zero-order chi connectivity index (χ0) is 11.8. The summed E-state index contributed by atoms with van der Waals surface area (Å²) in [6, 6.07) is 7.90. The molecule has 1 aliphatic carbocycles. The van der Waals surface area contributed by atoms with E-state index >= 15 is 0 Å². The van der Waals surface area contributed by atoms with Crippen molar-refractivity contribution in [3.8, 4) is 11.5 Å². The fourth-order valence-corrected chi connectivity index (χ4v) is 2.32. The summed E-state index contributed by atoms with van der Waals surface area (Å²) in [6.07, 6.45) is 2.35.